The summed E-state index contributed by atoms with van der Waals surface area (Å²) in [7, 11) is 0. The fourth-order valence-electron chi connectivity index (χ4n) is 2.13. The fourth-order valence-corrected chi connectivity index (χ4v) is 2.13. The Kier molecular flexibility index (Phi) is 2.79. The van der Waals surface area contributed by atoms with Crippen LogP contribution in [0.25, 0.3) is 0 Å². The number of hydrogen-bond donors (Lipinski definition) is 0. The van der Waals surface area contributed by atoms with Crippen LogP contribution >= 0.6 is 0 Å². The average Bonchev–Trinajstić information content (AvgIpc) is 2.21. The minimum absolute atomic E-state index is 0.134. The largest absolute Gasteiger partial charge is 0.364 e. The lowest BCUT2D eigenvalue weighted by Crippen LogP contribution is -2.36. The molecule has 0 spiro atoms. The monoisotopic (exact) mass is 198 g/mol. The second-order valence-electron chi connectivity index (χ2n) is 6.09. The summed E-state index contributed by atoms with van der Waals surface area (Å²) in [4.78, 5) is 12.0. The SMILES string of the molecule is CC1CC(C)(C)O[C@H]1C(=O)C(C)(C)C. The van der Waals surface area contributed by atoms with Crippen LogP contribution in [0.3, 0.4) is 0 Å². The van der Waals surface area contributed by atoms with Gasteiger partial charge in [0.15, 0.2) is 5.78 Å². The minimum atomic E-state index is -0.292. The molecule has 1 fully saturated rings. The zero-order chi connectivity index (χ0) is 11.1. The van der Waals surface area contributed by atoms with Gasteiger partial charge in [-0.2, -0.15) is 0 Å². The molecule has 1 unspecified atom stereocenters. The maximum atomic E-state index is 12.0. The molecule has 82 valence electrons. The van der Waals surface area contributed by atoms with Crippen molar-refractivity contribution in [2.45, 2.75) is 59.7 Å². The van der Waals surface area contributed by atoms with Crippen molar-refractivity contribution in [3.63, 3.8) is 0 Å². The first-order valence-electron chi connectivity index (χ1n) is 5.36. The van der Waals surface area contributed by atoms with Gasteiger partial charge in [-0.3, -0.25) is 4.79 Å². The fraction of sp³-hybridized carbons (Fsp3) is 0.917. The van der Waals surface area contributed by atoms with Crippen LogP contribution < -0.4 is 0 Å². The Morgan fingerprint density at radius 3 is 2.14 bits per heavy atom. The van der Waals surface area contributed by atoms with E-state index in [2.05, 4.69) is 20.8 Å². The maximum Gasteiger partial charge on any atom is 0.167 e. The Morgan fingerprint density at radius 1 is 1.36 bits per heavy atom. The van der Waals surface area contributed by atoms with Crippen molar-refractivity contribution in [1.29, 1.82) is 0 Å². The number of ether oxygens (including phenoxy) is 1. The number of Topliss-reactive ketones (excluding diaryl/α,β-unsaturated/α-hetero) is 1. The van der Waals surface area contributed by atoms with Crippen molar-refractivity contribution in [3.8, 4) is 0 Å². The number of hydrogen-bond acceptors (Lipinski definition) is 2. The molecule has 0 aliphatic carbocycles. The van der Waals surface area contributed by atoms with Gasteiger partial charge in [-0.05, 0) is 26.2 Å². The molecule has 1 saturated heterocycles. The molecule has 0 saturated carbocycles. The molecule has 0 aromatic heterocycles. The number of ketones is 1. The predicted molar refractivity (Wildman–Crippen MR) is 57.2 cm³/mol. The standard InChI is InChI=1S/C12H22O2/c1-8-7-12(5,6)14-9(8)10(13)11(2,3)4/h8-9H,7H2,1-6H3/t8?,9-/m1/s1. The summed E-state index contributed by atoms with van der Waals surface area (Å²) in [5.74, 6) is 0.576. The highest BCUT2D eigenvalue weighted by atomic mass is 16.5. The Labute approximate surface area is 87.0 Å². The molecule has 1 aliphatic rings. The van der Waals surface area contributed by atoms with Crippen molar-refractivity contribution >= 4 is 5.78 Å². The molecule has 14 heavy (non-hydrogen) atoms. The zero-order valence-corrected chi connectivity index (χ0v) is 10.2. The highest BCUT2D eigenvalue weighted by molar-refractivity contribution is 5.88. The highest BCUT2D eigenvalue weighted by Crippen LogP contribution is 2.37. The van der Waals surface area contributed by atoms with Crippen LogP contribution in [0.4, 0.5) is 0 Å². The second kappa shape index (κ2) is 3.34. The van der Waals surface area contributed by atoms with Crippen LogP contribution in [0.1, 0.15) is 48.0 Å². The molecule has 0 N–H and O–H groups in total. The van der Waals surface area contributed by atoms with E-state index < -0.39 is 0 Å². The van der Waals surface area contributed by atoms with Gasteiger partial charge in [0, 0.05) is 5.41 Å². The van der Waals surface area contributed by atoms with E-state index in [1.807, 2.05) is 20.8 Å². The van der Waals surface area contributed by atoms with E-state index >= 15 is 0 Å². The molecular formula is C12H22O2. The van der Waals surface area contributed by atoms with Gasteiger partial charge in [-0.25, -0.2) is 0 Å². The van der Waals surface area contributed by atoms with Crippen molar-refractivity contribution in [3.05, 3.63) is 0 Å². The summed E-state index contributed by atoms with van der Waals surface area (Å²) >= 11 is 0. The molecular weight excluding hydrogens is 176 g/mol. The third-order valence-electron chi connectivity index (χ3n) is 2.77. The number of carbonyl (C=O) groups is 1. The van der Waals surface area contributed by atoms with E-state index in [1.54, 1.807) is 0 Å². The molecule has 2 nitrogen and oxygen atoms in total. The van der Waals surface area contributed by atoms with Crippen LogP contribution in [0.5, 0.6) is 0 Å². The van der Waals surface area contributed by atoms with Crippen molar-refractivity contribution in [2.75, 3.05) is 0 Å². The third kappa shape index (κ3) is 2.35. The van der Waals surface area contributed by atoms with Crippen LogP contribution in [-0.4, -0.2) is 17.5 Å². The maximum absolute atomic E-state index is 12.0. The first kappa shape index (κ1) is 11.7. The van der Waals surface area contributed by atoms with Crippen LogP contribution in [0.2, 0.25) is 0 Å². The Morgan fingerprint density at radius 2 is 1.86 bits per heavy atom. The molecule has 0 aromatic carbocycles. The summed E-state index contributed by atoms with van der Waals surface area (Å²) < 4.78 is 5.80. The normalized spacial score (nSPS) is 31.9. The van der Waals surface area contributed by atoms with Gasteiger partial charge < -0.3 is 4.74 Å². The van der Waals surface area contributed by atoms with Crippen molar-refractivity contribution in [1.82, 2.24) is 0 Å². The molecule has 0 radical (unpaired) electrons. The summed E-state index contributed by atoms with van der Waals surface area (Å²) in [6.45, 7) is 12.1. The summed E-state index contributed by atoms with van der Waals surface area (Å²) in [5.41, 5.74) is -0.426. The van der Waals surface area contributed by atoms with Gasteiger partial charge in [0.25, 0.3) is 0 Å². The molecule has 0 aromatic rings. The van der Waals surface area contributed by atoms with E-state index in [-0.39, 0.29) is 22.9 Å². The third-order valence-corrected chi connectivity index (χ3v) is 2.77. The Balaban J connectivity index is 2.77. The van der Waals surface area contributed by atoms with Gasteiger partial charge in [0.1, 0.15) is 6.10 Å². The van der Waals surface area contributed by atoms with Crippen LogP contribution in [0.15, 0.2) is 0 Å². The lowest BCUT2D eigenvalue weighted by molar-refractivity contribution is -0.142. The lowest BCUT2D eigenvalue weighted by atomic mass is 9.83. The quantitative estimate of drug-likeness (QED) is 0.647. The first-order chi connectivity index (χ1) is 6.13. The molecule has 1 rings (SSSR count). The van der Waals surface area contributed by atoms with E-state index in [9.17, 15) is 4.79 Å². The van der Waals surface area contributed by atoms with E-state index in [4.69, 9.17) is 4.74 Å². The Bertz CT molecular complexity index is 235. The van der Waals surface area contributed by atoms with Crippen molar-refractivity contribution in [2.24, 2.45) is 11.3 Å². The minimum Gasteiger partial charge on any atom is -0.364 e. The zero-order valence-electron chi connectivity index (χ0n) is 10.2. The van der Waals surface area contributed by atoms with E-state index in [0.717, 1.165) is 6.42 Å². The second-order valence-corrected chi connectivity index (χ2v) is 6.09. The van der Waals surface area contributed by atoms with Crippen molar-refractivity contribution < 1.29 is 9.53 Å². The smallest absolute Gasteiger partial charge is 0.167 e. The van der Waals surface area contributed by atoms with Gasteiger partial charge in [-0.1, -0.05) is 27.7 Å². The summed E-state index contributed by atoms with van der Waals surface area (Å²) in [6.07, 6.45) is 0.768. The van der Waals surface area contributed by atoms with E-state index in [1.165, 1.54) is 0 Å². The average molecular weight is 198 g/mol. The van der Waals surface area contributed by atoms with Gasteiger partial charge in [-0.15, -0.1) is 0 Å². The summed E-state index contributed by atoms with van der Waals surface area (Å²) in [6, 6.07) is 0. The van der Waals surface area contributed by atoms with Crippen LogP contribution in [-0.2, 0) is 9.53 Å². The molecule has 2 heteroatoms. The highest BCUT2D eigenvalue weighted by Gasteiger charge is 2.44. The van der Waals surface area contributed by atoms with Gasteiger partial charge >= 0.3 is 0 Å². The van der Waals surface area contributed by atoms with Crippen LogP contribution in [0, 0.1) is 11.3 Å². The molecule has 1 heterocycles. The topological polar surface area (TPSA) is 26.3 Å². The molecule has 2 atom stereocenters. The molecule has 0 bridgehead atoms. The summed E-state index contributed by atoms with van der Waals surface area (Å²) in [5, 5.41) is 0. The van der Waals surface area contributed by atoms with Gasteiger partial charge in [0.05, 0.1) is 5.60 Å². The first-order valence-corrected chi connectivity index (χ1v) is 5.36. The molecule has 1 aliphatic heterocycles. The Hall–Kier alpha value is -0.370. The number of rotatable bonds is 1. The molecule has 0 amide bonds. The van der Waals surface area contributed by atoms with Gasteiger partial charge in [0.2, 0.25) is 0 Å². The predicted octanol–water partition coefficient (Wildman–Crippen LogP) is 2.81. The van der Waals surface area contributed by atoms with E-state index in [0.29, 0.717) is 5.92 Å². The number of carbonyl (C=O) groups excluding carboxylic acids is 1. The lowest BCUT2D eigenvalue weighted by Gasteiger charge is -2.25.